The molecule has 0 saturated carbocycles. The normalized spacial score (nSPS) is 10.9. The second kappa shape index (κ2) is 6.94. The molecule has 8 heteroatoms. The molecular weight excluding hydrogens is 449 g/mol. The first-order chi connectivity index (χ1) is 12.3. The predicted octanol–water partition coefficient (Wildman–Crippen LogP) is 2.19. The van der Waals surface area contributed by atoms with E-state index in [9.17, 15) is 14.4 Å². The number of aryl methyl sites for hydroxylation is 1. The highest BCUT2D eigenvalue weighted by Gasteiger charge is 2.19. The van der Waals surface area contributed by atoms with E-state index < -0.39 is 17.2 Å². The number of carbonyl (C=O) groups excluding carboxylic acids is 1. The molecule has 0 fully saturated rings. The molecule has 134 valence electrons. The average molecular weight is 465 g/mol. The lowest BCUT2D eigenvalue weighted by Crippen LogP contribution is -2.38. The Morgan fingerprint density at radius 3 is 2.65 bits per heavy atom. The van der Waals surface area contributed by atoms with Crippen LogP contribution in [0, 0.1) is 3.57 Å². The second-order valence-electron chi connectivity index (χ2n) is 5.67. The summed E-state index contributed by atoms with van der Waals surface area (Å²) in [6.45, 7) is 1.64. The number of fused-ring (bicyclic) bond motifs is 1. The van der Waals surface area contributed by atoms with E-state index in [1.807, 2.05) is 6.07 Å². The number of nitrogens with two attached hydrogens (primary N) is 1. The van der Waals surface area contributed by atoms with Crippen LogP contribution in [0.15, 0.2) is 46.0 Å². The van der Waals surface area contributed by atoms with Crippen LogP contribution in [0.2, 0.25) is 0 Å². The molecule has 0 atom stereocenters. The van der Waals surface area contributed by atoms with E-state index in [2.05, 4.69) is 22.6 Å². The van der Waals surface area contributed by atoms with Gasteiger partial charge in [0.1, 0.15) is 0 Å². The van der Waals surface area contributed by atoms with Gasteiger partial charge in [-0.3, -0.25) is 14.2 Å². The number of para-hydroxylation sites is 1. The van der Waals surface area contributed by atoms with Gasteiger partial charge in [-0.1, -0.05) is 13.0 Å². The SMILES string of the molecule is CCC(=O)Oc1c(N)cccc1-n1c(=O)c2cc(I)ccc2n(C)c1=O. The molecule has 0 aliphatic carbocycles. The van der Waals surface area contributed by atoms with E-state index in [1.54, 1.807) is 38.2 Å². The smallest absolute Gasteiger partial charge is 0.335 e. The molecule has 1 aromatic heterocycles. The Labute approximate surface area is 162 Å². The maximum absolute atomic E-state index is 13.0. The third-order valence-electron chi connectivity index (χ3n) is 4.00. The third kappa shape index (κ3) is 3.00. The van der Waals surface area contributed by atoms with Crippen LogP contribution in [-0.4, -0.2) is 15.1 Å². The Morgan fingerprint density at radius 1 is 1.23 bits per heavy atom. The molecule has 0 unspecified atom stereocenters. The summed E-state index contributed by atoms with van der Waals surface area (Å²) in [5.74, 6) is -0.507. The molecule has 0 radical (unpaired) electrons. The number of esters is 1. The highest BCUT2D eigenvalue weighted by molar-refractivity contribution is 14.1. The van der Waals surface area contributed by atoms with Crippen LogP contribution in [-0.2, 0) is 11.8 Å². The summed E-state index contributed by atoms with van der Waals surface area (Å²) in [4.78, 5) is 37.6. The maximum Gasteiger partial charge on any atom is 0.335 e. The highest BCUT2D eigenvalue weighted by Crippen LogP contribution is 2.29. The number of ether oxygens (including phenoxy) is 1. The van der Waals surface area contributed by atoms with Crippen molar-refractivity contribution in [2.24, 2.45) is 7.05 Å². The van der Waals surface area contributed by atoms with Crippen LogP contribution in [0.4, 0.5) is 5.69 Å². The van der Waals surface area contributed by atoms with Crippen LogP contribution < -0.4 is 21.7 Å². The Morgan fingerprint density at radius 2 is 1.96 bits per heavy atom. The monoisotopic (exact) mass is 465 g/mol. The number of benzene rings is 2. The van der Waals surface area contributed by atoms with Gasteiger partial charge < -0.3 is 10.5 Å². The lowest BCUT2D eigenvalue weighted by atomic mass is 10.2. The largest absolute Gasteiger partial charge is 0.422 e. The van der Waals surface area contributed by atoms with Crippen molar-refractivity contribution >= 4 is 45.2 Å². The molecule has 0 spiro atoms. The van der Waals surface area contributed by atoms with E-state index in [4.69, 9.17) is 10.5 Å². The molecule has 3 aromatic rings. The van der Waals surface area contributed by atoms with Crippen molar-refractivity contribution in [1.82, 2.24) is 9.13 Å². The standard InChI is InChI=1S/C18H16IN3O4/c1-3-15(23)26-16-12(20)5-4-6-14(16)22-17(24)11-9-10(19)7-8-13(11)21(2)18(22)25/h4-9H,3,20H2,1-2H3. The lowest BCUT2D eigenvalue weighted by molar-refractivity contribution is -0.133. The number of aromatic nitrogens is 2. The van der Waals surface area contributed by atoms with Gasteiger partial charge in [0.25, 0.3) is 5.56 Å². The topological polar surface area (TPSA) is 96.3 Å². The number of hydrogen-bond acceptors (Lipinski definition) is 5. The zero-order chi connectivity index (χ0) is 19.0. The highest BCUT2D eigenvalue weighted by atomic mass is 127. The van der Waals surface area contributed by atoms with Gasteiger partial charge in [-0.25, -0.2) is 9.36 Å². The predicted molar refractivity (Wildman–Crippen MR) is 108 cm³/mol. The van der Waals surface area contributed by atoms with Gasteiger partial charge in [0.15, 0.2) is 5.75 Å². The van der Waals surface area contributed by atoms with E-state index in [0.717, 1.165) is 8.14 Å². The average Bonchev–Trinajstić information content (AvgIpc) is 2.62. The fourth-order valence-corrected chi connectivity index (χ4v) is 3.15. The molecule has 0 aliphatic rings. The second-order valence-corrected chi connectivity index (χ2v) is 6.91. The number of carbonyl (C=O) groups is 1. The van der Waals surface area contributed by atoms with Crippen molar-refractivity contribution in [3.63, 3.8) is 0 Å². The molecule has 0 amide bonds. The summed E-state index contributed by atoms with van der Waals surface area (Å²) in [5, 5.41) is 0.384. The van der Waals surface area contributed by atoms with Gasteiger partial charge >= 0.3 is 11.7 Å². The van der Waals surface area contributed by atoms with Crippen LogP contribution in [0.3, 0.4) is 0 Å². The number of hydrogen-bond donors (Lipinski definition) is 1. The minimum absolute atomic E-state index is 0.00327. The van der Waals surface area contributed by atoms with E-state index in [0.29, 0.717) is 10.9 Å². The summed E-state index contributed by atoms with van der Waals surface area (Å²) in [6, 6.07) is 9.91. The molecular formula is C18H16IN3O4. The number of nitrogen functional groups attached to an aromatic ring is 1. The van der Waals surface area contributed by atoms with Crippen LogP contribution in [0.5, 0.6) is 5.75 Å². The molecule has 26 heavy (non-hydrogen) atoms. The Balaban J connectivity index is 2.41. The Kier molecular flexibility index (Phi) is 4.86. The molecule has 2 N–H and O–H groups in total. The first kappa shape index (κ1) is 18.2. The van der Waals surface area contributed by atoms with Crippen LogP contribution in [0.25, 0.3) is 16.6 Å². The molecule has 3 rings (SSSR count). The first-order valence-electron chi connectivity index (χ1n) is 7.86. The van der Waals surface area contributed by atoms with Crippen molar-refractivity contribution < 1.29 is 9.53 Å². The fourth-order valence-electron chi connectivity index (χ4n) is 2.66. The van der Waals surface area contributed by atoms with E-state index in [1.165, 1.54) is 10.6 Å². The van der Waals surface area contributed by atoms with E-state index >= 15 is 0 Å². The van der Waals surface area contributed by atoms with Crippen LogP contribution in [0.1, 0.15) is 13.3 Å². The Bertz CT molecular complexity index is 1150. The van der Waals surface area contributed by atoms with Gasteiger partial charge in [0.2, 0.25) is 0 Å². The summed E-state index contributed by atoms with van der Waals surface area (Å²) in [5.41, 5.74) is 5.71. The van der Waals surface area contributed by atoms with Gasteiger partial charge in [-0.05, 0) is 52.9 Å². The minimum atomic E-state index is -0.553. The van der Waals surface area contributed by atoms with E-state index in [-0.39, 0.29) is 23.5 Å². The van der Waals surface area contributed by atoms with Gasteiger partial charge in [0, 0.05) is 17.0 Å². The maximum atomic E-state index is 13.0. The zero-order valence-corrected chi connectivity index (χ0v) is 16.3. The molecule has 0 saturated heterocycles. The van der Waals surface area contributed by atoms with Crippen LogP contribution >= 0.6 is 22.6 Å². The van der Waals surface area contributed by atoms with Crippen molar-refractivity contribution in [3.05, 3.63) is 60.8 Å². The van der Waals surface area contributed by atoms with Gasteiger partial charge in [0.05, 0.1) is 22.3 Å². The Hall–Kier alpha value is -2.62. The van der Waals surface area contributed by atoms with Crippen molar-refractivity contribution in [3.8, 4) is 11.4 Å². The molecule has 0 aliphatic heterocycles. The van der Waals surface area contributed by atoms with Gasteiger partial charge in [-0.15, -0.1) is 0 Å². The summed E-state index contributed by atoms with van der Waals surface area (Å²) in [6.07, 6.45) is 0.136. The van der Waals surface area contributed by atoms with Crippen molar-refractivity contribution in [1.29, 1.82) is 0 Å². The number of anilines is 1. The molecule has 1 heterocycles. The quantitative estimate of drug-likeness (QED) is 0.277. The molecule has 2 aromatic carbocycles. The zero-order valence-electron chi connectivity index (χ0n) is 14.2. The first-order valence-corrected chi connectivity index (χ1v) is 8.93. The minimum Gasteiger partial charge on any atom is -0.422 e. The number of nitrogens with zero attached hydrogens (tertiary/aromatic N) is 2. The summed E-state index contributed by atoms with van der Waals surface area (Å²) in [7, 11) is 1.58. The fraction of sp³-hybridized carbons (Fsp3) is 0.167. The summed E-state index contributed by atoms with van der Waals surface area (Å²) >= 11 is 2.10. The number of halogens is 1. The molecule has 7 nitrogen and oxygen atoms in total. The molecule has 0 bridgehead atoms. The lowest BCUT2D eigenvalue weighted by Gasteiger charge is -2.15. The summed E-state index contributed by atoms with van der Waals surface area (Å²) < 4.78 is 8.51. The van der Waals surface area contributed by atoms with Crippen molar-refractivity contribution in [2.75, 3.05) is 5.73 Å². The van der Waals surface area contributed by atoms with Crippen molar-refractivity contribution in [2.45, 2.75) is 13.3 Å². The van der Waals surface area contributed by atoms with Gasteiger partial charge in [-0.2, -0.15) is 0 Å². The number of rotatable bonds is 3. The third-order valence-corrected chi connectivity index (χ3v) is 4.67.